The Hall–Kier alpha value is -3.51. The van der Waals surface area contributed by atoms with Crippen molar-refractivity contribution in [2.75, 3.05) is 27.9 Å². The lowest BCUT2D eigenvalue weighted by atomic mass is 9.91. The van der Waals surface area contributed by atoms with Gasteiger partial charge in [0, 0.05) is 6.54 Å². The van der Waals surface area contributed by atoms with Gasteiger partial charge in [0.1, 0.15) is 6.33 Å². The summed E-state index contributed by atoms with van der Waals surface area (Å²) in [5.41, 5.74) is 2.05. The van der Waals surface area contributed by atoms with E-state index in [2.05, 4.69) is 15.5 Å². The highest BCUT2D eigenvalue weighted by atomic mass is 32.2. The van der Waals surface area contributed by atoms with Crippen LogP contribution in [0.15, 0.2) is 47.6 Å². The molecule has 2 heterocycles. The summed E-state index contributed by atoms with van der Waals surface area (Å²) in [7, 11) is 0.324. The van der Waals surface area contributed by atoms with Crippen LogP contribution in [-0.2, 0) is 26.0 Å². The molecule has 0 amide bonds. The van der Waals surface area contributed by atoms with Crippen molar-refractivity contribution in [1.82, 2.24) is 24.5 Å². The second kappa shape index (κ2) is 9.16. The van der Waals surface area contributed by atoms with Gasteiger partial charge in [-0.3, -0.25) is 4.79 Å². The number of sulfonamides is 1. The van der Waals surface area contributed by atoms with Crippen LogP contribution >= 0.6 is 0 Å². The third-order valence-electron chi connectivity index (χ3n) is 5.58. The zero-order valence-electron chi connectivity index (χ0n) is 18.3. The Kier molecular flexibility index (Phi) is 6.29. The molecule has 0 aliphatic carbocycles. The number of tetrazole rings is 1. The van der Waals surface area contributed by atoms with E-state index in [1.165, 1.54) is 48.8 Å². The first kappa shape index (κ1) is 22.7. The van der Waals surface area contributed by atoms with E-state index < -0.39 is 22.0 Å². The molecule has 1 aromatic heterocycles. The van der Waals surface area contributed by atoms with E-state index in [9.17, 15) is 13.2 Å². The maximum atomic E-state index is 13.7. The Morgan fingerprint density at radius 3 is 2.55 bits per heavy atom. The third-order valence-corrected chi connectivity index (χ3v) is 7.48. The smallest absolute Gasteiger partial charge is 0.307 e. The van der Waals surface area contributed by atoms with Gasteiger partial charge in [-0.15, -0.1) is 5.10 Å². The molecule has 11 nitrogen and oxygen atoms in total. The van der Waals surface area contributed by atoms with Crippen LogP contribution in [0, 0.1) is 0 Å². The molecule has 1 unspecified atom stereocenters. The van der Waals surface area contributed by atoms with Crippen LogP contribution in [0.3, 0.4) is 0 Å². The SMILES string of the molecule is COC(=O)CC1c2cc(OC)c(OC)cc2CCN1S(=O)(=O)c1cccc(-n2cnnn2)c1. The molecule has 0 spiro atoms. The molecule has 2 aromatic carbocycles. The third kappa shape index (κ3) is 4.26. The average molecular weight is 474 g/mol. The molecule has 0 N–H and O–H groups in total. The van der Waals surface area contributed by atoms with Gasteiger partial charge in [0.25, 0.3) is 0 Å². The number of carbonyl (C=O) groups excluding carboxylic acids is 1. The molecule has 0 saturated heterocycles. The molecular formula is C21H23N5O6S. The molecule has 0 fully saturated rings. The molecule has 3 aromatic rings. The first-order valence-electron chi connectivity index (χ1n) is 10.1. The van der Waals surface area contributed by atoms with Crippen LogP contribution in [0.25, 0.3) is 5.69 Å². The minimum atomic E-state index is -3.99. The number of carbonyl (C=O) groups is 1. The van der Waals surface area contributed by atoms with E-state index in [1.54, 1.807) is 18.2 Å². The molecule has 12 heteroatoms. The van der Waals surface area contributed by atoms with Gasteiger partial charge in [-0.25, -0.2) is 13.1 Å². The van der Waals surface area contributed by atoms with Gasteiger partial charge < -0.3 is 14.2 Å². The number of hydrogen-bond acceptors (Lipinski definition) is 9. The highest BCUT2D eigenvalue weighted by Crippen LogP contribution is 2.41. The molecular weight excluding hydrogens is 450 g/mol. The van der Waals surface area contributed by atoms with E-state index >= 15 is 0 Å². The zero-order chi connectivity index (χ0) is 23.6. The van der Waals surface area contributed by atoms with Gasteiger partial charge >= 0.3 is 5.97 Å². The average Bonchev–Trinajstić information content (AvgIpc) is 3.38. The number of rotatable bonds is 7. The van der Waals surface area contributed by atoms with Gasteiger partial charge in [0.15, 0.2) is 11.5 Å². The molecule has 4 rings (SSSR count). The normalized spacial score (nSPS) is 16.2. The van der Waals surface area contributed by atoms with Crippen molar-refractivity contribution in [2.24, 2.45) is 0 Å². The van der Waals surface area contributed by atoms with Crippen LogP contribution in [0.2, 0.25) is 0 Å². The quantitative estimate of drug-likeness (QED) is 0.470. The number of benzene rings is 2. The lowest BCUT2D eigenvalue weighted by Crippen LogP contribution is -2.41. The zero-order valence-corrected chi connectivity index (χ0v) is 19.2. The summed E-state index contributed by atoms with van der Waals surface area (Å²) >= 11 is 0. The summed E-state index contributed by atoms with van der Waals surface area (Å²) in [6, 6.07) is 9.08. The van der Waals surface area contributed by atoms with Gasteiger partial charge in [-0.2, -0.15) is 4.31 Å². The molecule has 0 saturated carbocycles. The number of hydrogen-bond donors (Lipinski definition) is 0. The Morgan fingerprint density at radius 2 is 1.88 bits per heavy atom. The van der Waals surface area contributed by atoms with Crippen molar-refractivity contribution < 1.29 is 27.4 Å². The summed E-state index contributed by atoms with van der Waals surface area (Å²) < 4.78 is 45.8. The van der Waals surface area contributed by atoms with E-state index in [1.807, 2.05) is 6.07 Å². The number of aromatic nitrogens is 4. The molecule has 0 radical (unpaired) electrons. The number of fused-ring (bicyclic) bond motifs is 1. The molecule has 1 atom stereocenters. The van der Waals surface area contributed by atoms with E-state index in [-0.39, 0.29) is 17.9 Å². The molecule has 1 aliphatic rings. The minimum absolute atomic E-state index is 0.0642. The number of methoxy groups -OCH3 is 3. The van der Waals surface area contributed by atoms with Crippen molar-refractivity contribution in [3.8, 4) is 17.2 Å². The van der Waals surface area contributed by atoms with Crippen LogP contribution in [0.5, 0.6) is 11.5 Å². The highest BCUT2D eigenvalue weighted by Gasteiger charge is 2.38. The molecule has 33 heavy (non-hydrogen) atoms. The fourth-order valence-electron chi connectivity index (χ4n) is 3.95. The van der Waals surface area contributed by atoms with Crippen LogP contribution in [-0.4, -0.2) is 66.8 Å². The van der Waals surface area contributed by atoms with E-state index in [4.69, 9.17) is 14.2 Å². The van der Waals surface area contributed by atoms with Crippen molar-refractivity contribution >= 4 is 16.0 Å². The van der Waals surface area contributed by atoms with E-state index in [0.29, 0.717) is 29.2 Å². The minimum Gasteiger partial charge on any atom is -0.493 e. The predicted octanol–water partition coefficient (Wildman–Crippen LogP) is 1.53. The maximum Gasteiger partial charge on any atom is 0.307 e. The number of nitrogens with zero attached hydrogens (tertiary/aromatic N) is 5. The fourth-order valence-corrected chi connectivity index (χ4v) is 5.59. The summed E-state index contributed by atoms with van der Waals surface area (Å²) in [4.78, 5) is 12.3. The van der Waals surface area contributed by atoms with Gasteiger partial charge in [-0.05, 0) is 58.3 Å². The van der Waals surface area contributed by atoms with Crippen molar-refractivity contribution in [1.29, 1.82) is 0 Å². The van der Waals surface area contributed by atoms with Gasteiger partial charge in [-0.1, -0.05) is 6.07 Å². The van der Waals surface area contributed by atoms with Crippen molar-refractivity contribution in [3.63, 3.8) is 0 Å². The number of esters is 1. The van der Waals surface area contributed by atoms with Crippen LogP contribution in [0.1, 0.15) is 23.6 Å². The summed E-state index contributed by atoms with van der Waals surface area (Å²) in [5, 5.41) is 11.0. The monoisotopic (exact) mass is 473 g/mol. The van der Waals surface area contributed by atoms with Crippen LogP contribution < -0.4 is 9.47 Å². The van der Waals surface area contributed by atoms with E-state index in [0.717, 1.165) is 5.56 Å². The summed E-state index contributed by atoms with van der Waals surface area (Å²) in [6.07, 6.45) is 1.67. The molecule has 1 aliphatic heterocycles. The van der Waals surface area contributed by atoms with Crippen molar-refractivity contribution in [3.05, 3.63) is 53.9 Å². The van der Waals surface area contributed by atoms with Crippen molar-refractivity contribution in [2.45, 2.75) is 23.8 Å². The highest BCUT2D eigenvalue weighted by molar-refractivity contribution is 7.89. The summed E-state index contributed by atoms with van der Waals surface area (Å²) in [6.45, 7) is 0.182. The predicted molar refractivity (Wildman–Crippen MR) is 116 cm³/mol. The Labute approximate surface area is 190 Å². The largest absolute Gasteiger partial charge is 0.493 e. The molecule has 174 valence electrons. The fraction of sp³-hybridized carbons (Fsp3) is 0.333. The van der Waals surface area contributed by atoms with Crippen LogP contribution in [0.4, 0.5) is 0 Å². The van der Waals surface area contributed by atoms with Gasteiger partial charge in [0.2, 0.25) is 10.0 Å². The summed E-state index contributed by atoms with van der Waals surface area (Å²) in [5.74, 6) is 0.467. The lowest BCUT2D eigenvalue weighted by Gasteiger charge is -2.36. The number of ether oxygens (including phenoxy) is 3. The Balaban J connectivity index is 1.79. The topological polar surface area (TPSA) is 126 Å². The first-order chi connectivity index (χ1) is 15.9. The standard InChI is InChI=1S/C21H23N5O6S/c1-30-19-9-14-7-8-26(18(12-21(27)32-3)17(14)11-20(19)31-2)33(28,29)16-6-4-5-15(10-16)25-13-22-23-24-25/h4-6,9-11,13,18H,7-8,12H2,1-3H3. The van der Waals surface area contributed by atoms with Gasteiger partial charge in [0.05, 0.1) is 44.4 Å². The Morgan fingerprint density at radius 1 is 1.12 bits per heavy atom. The second-order valence-electron chi connectivity index (χ2n) is 7.32. The Bertz CT molecular complexity index is 1260. The second-order valence-corrected chi connectivity index (χ2v) is 9.21. The molecule has 0 bridgehead atoms. The lowest BCUT2D eigenvalue weighted by molar-refractivity contribution is -0.141. The maximum absolute atomic E-state index is 13.7. The first-order valence-corrected chi connectivity index (χ1v) is 11.5.